The van der Waals surface area contributed by atoms with Gasteiger partial charge in [0.1, 0.15) is 5.82 Å². The van der Waals surface area contributed by atoms with Crippen molar-refractivity contribution in [1.29, 1.82) is 0 Å². The molecule has 3 rings (SSSR count). The second kappa shape index (κ2) is 7.57. The van der Waals surface area contributed by atoms with E-state index in [1.54, 1.807) is 0 Å². The first kappa shape index (κ1) is 17.3. The van der Waals surface area contributed by atoms with Gasteiger partial charge in [0.15, 0.2) is 0 Å². The molecular weight excluding hydrogens is 302 g/mol. The van der Waals surface area contributed by atoms with Gasteiger partial charge in [0.2, 0.25) is 5.88 Å². The monoisotopic (exact) mass is 333 g/mol. The highest BCUT2D eigenvalue weighted by atomic mass is 16.5. The Morgan fingerprint density at radius 2 is 1.75 bits per heavy atom. The van der Waals surface area contributed by atoms with Crippen LogP contribution in [0.25, 0.3) is 0 Å². The van der Waals surface area contributed by atoms with E-state index in [0.29, 0.717) is 11.6 Å². The molecule has 2 aliphatic rings. The molecule has 2 N–H and O–H groups in total. The molecule has 0 aromatic carbocycles. The SMILES string of the molecule is CC(C)Oc1nc(N2CCN(C3CCN(C)CC3)CC2)ccc1N. The Bertz CT molecular complexity index is 534. The lowest BCUT2D eigenvalue weighted by molar-refractivity contribution is 0.115. The quantitative estimate of drug-likeness (QED) is 0.904. The average molecular weight is 333 g/mol. The molecule has 0 aliphatic carbocycles. The van der Waals surface area contributed by atoms with Crippen molar-refractivity contribution in [3.63, 3.8) is 0 Å². The van der Waals surface area contributed by atoms with Crippen molar-refractivity contribution in [2.75, 3.05) is 56.9 Å². The lowest BCUT2D eigenvalue weighted by Gasteiger charge is -2.42. The van der Waals surface area contributed by atoms with Gasteiger partial charge in [-0.25, -0.2) is 0 Å². The molecule has 0 unspecified atom stereocenters. The molecule has 1 aromatic heterocycles. The number of nitrogens with zero attached hydrogens (tertiary/aromatic N) is 4. The summed E-state index contributed by atoms with van der Waals surface area (Å²) < 4.78 is 5.72. The van der Waals surface area contributed by atoms with Crippen LogP contribution in [0.1, 0.15) is 26.7 Å². The van der Waals surface area contributed by atoms with Gasteiger partial charge in [0.25, 0.3) is 0 Å². The van der Waals surface area contributed by atoms with Gasteiger partial charge in [-0.3, -0.25) is 4.90 Å². The standard InChI is InChI=1S/C18H31N5O/c1-14(2)24-18-16(19)4-5-17(20-18)23-12-10-22(11-13-23)15-6-8-21(3)9-7-15/h4-5,14-15H,6-13,19H2,1-3H3. The zero-order chi connectivity index (χ0) is 17.1. The van der Waals surface area contributed by atoms with Crippen molar-refractivity contribution in [1.82, 2.24) is 14.8 Å². The molecule has 0 radical (unpaired) electrons. The lowest BCUT2D eigenvalue weighted by atomic mass is 10.0. The van der Waals surface area contributed by atoms with Gasteiger partial charge in [-0.1, -0.05) is 0 Å². The molecule has 6 heteroatoms. The van der Waals surface area contributed by atoms with Gasteiger partial charge >= 0.3 is 0 Å². The van der Waals surface area contributed by atoms with Crippen molar-refractivity contribution >= 4 is 11.5 Å². The van der Waals surface area contributed by atoms with Crippen LogP contribution in [-0.2, 0) is 0 Å². The van der Waals surface area contributed by atoms with Crippen LogP contribution in [0.5, 0.6) is 5.88 Å². The lowest BCUT2D eigenvalue weighted by Crippen LogP contribution is -2.53. The third-order valence-electron chi connectivity index (χ3n) is 5.07. The van der Waals surface area contributed by atoms with Crippen molar-refractivity contribution < 1.29 is 4.74 Å². The summed E-state index contributed by atoms with van der Waals surface area (Å²) in [5, 5.41) is 0. The highest BCUT2D eigenvalue weighted by Crippen LogP contribution is 2.25. The van der Waals surface area contributed by atoms with Gasteiger partial charge in [-0.15, -0.1) is 0 Å². The summed E-state index contributed by atoms with van der Waals surface area (Å²) in [5.41, 5.74) is 6.59. The van der Waals surface area contributed by atoms with Crippen LogP contribution in [-0.4, -0.2) is 73.2 Å². The number of nitrogens with two attached hydrogens (primary N) is 1. The van der Waals surface area contributed by atoms with Crippen LogP contribution < -0.4 is 15.4 Å². The number of hydrogen-bond donors (Lipinski definition) is 1. The van der Waals surface area contributed by atoms with Gasteiger partial charge in [0.05, 0.1) is 11.8 Å². The van der Waals surface area contributed by atoms with E-state index in [1.165, 1.54) is 25.9 Å². The molecule has 2 saturated heterocycles. The summed E-state index contributed by atoms with van der Waals surface area (Å²) in [6, 6.07) is 4.67. The molecule has 2 fully saturated rings. The summed E-state index contributed by atoms with van der Waals surface area (Å²) in [4.78, 5) is 12.1. The molecule has 0 spiro atoms. The molecule has 0 bridgehead atoms. The van der Waals surface area contributed by atoms with Crippen molar-refractivity contribution in [3.05, 3.63) is 12.1 Å². The maximum Gasteiger partial charge on any atom is 0.239 e. The van der Waals surface area contributed by atoms with Crippen LogP contribution in [0.2, 0.25) is 0 Å². The summed E-state index contributed by atoms with van der Waals surface area (Å²) in [6.07, 6.45) is 2.67. The number of anilines is 2. The molecule has 0 amide bonds. The van der Waals surface area contributed by atoms with Crippen molar-refractivity contribution in [3.8, 4) is 5.88 Å². The van der Waals surface area contributed by atoms with E-state index < -0.39 is 0 Å². The number of piperazine rings is 1. The van der Waals surface area contributed by atoms with Gasteiger partial charge in [-0.2, -0.15) is 4.98 Å². The number of nitrogen functional groups attached to an aromatic ring is 1. The smallest absolute Gasteiger partial charge is 0.239 e. The second-order valence-electron chi connectivity index (χ2n) is 7.29. The predicted octanol–water partition coefficient (Wildman–Crippen LogP) is 1.67. The van der Waals surface area contributed by atoms with Crippen LogP contribution in [0.4, 0.5) is 11.5 Å². The highest BCUT2D eigenvalue weighted by molar-refractivity contribution is 5.54. The van der Waals surface area contributed by atoms with E-state index in [0.717, 1.165) is 38.0 Å². The Morgan fingerprint density at radius 3 is 2.38 bits per heavy atom. The number of piperidine rings is 1. The molecule has 1 aromatic rings. The van der Waals surface area contributed by atoms with E-state index in [9.17, 15) is 0 Å². The maximum absolute atomic E-state index is 5.98. The van der Waals surface area contributed by atoms with Gasteiger partial charge in [0, 0.05) is 32.2 Å². The Labute approximate surface area is 145 Å². The Morgan fingerprint density at radius 1 is 1.08 bits per heavy atom. The molecular formula is C18H31N5O. The van der Waals surface area contributed by atoms with Crippen molar-refractivity contribution in [2.45, 2.75) is 38.8 Å². The zero-order valence-corrected chi connectivity index (χ0v) is 15.2. The Kier molecular flexibility index (Phi) is 5.46. The number of pyridine rings is 1. The summed E-state index contributed by atoms with van der Waals surface area (Å²) in [5.74, 6) is 1.53. The molecule has 24 heavy (non-hydrogen) atoms. The largest absolute Gasteiger partial charge is 0.473 e. The number of ether oxygens (including phenoxy) is 1. The predicted molar refractivity (Wildman–Crippen MR) is 98.7 cm³/mol. The zero-order valence-electron chi connectivity index (χ0n) is 15.2. The van der Waals surface area contributed by atoms with E-state index in [4.69, 9.17) is 10.5 Å². The molecule has 2 aliphatic heterocycles. The Hall–Kier alpha value is -1.53. The summed E-state index contributed by atoms with van der Waals surface area (Å²) in [6.45, 7) is 10.7. The topological polar surface area (TPSA) is 57.9 Å². The van der Waals surface area contributed by atoms with Crippen LogP contribution in [0.15, 0.2) is 12.1 Å². The molecule has 0 atom stereocenters. The van der Waals surface area contributed by atoms with Gasteiger partial charge in [-0.05, 0) is 59.0 Å². The second-order valence-corrected chi connectivity index (χ2v) is 7.29. The fourth-order valence-corrected chi connectivity index (χ4v) is 3.61. The Balaban J connectivity index is 1.58. The fraction of sp³-hybridized carbons (Fsp3) is 0.722. The van der Waals surface area contributed by atoms with Crippen molar-refractivity contribution in [2.24, 2.45) is 0 Å². The van der Waals surface area contributed by atoms with E-state index in [2.05, 4.69) is 26.7 Å². The first-order valence-electron chi connectivity index (χ1n) is 9.13. The molecule has 6 nitrogen and oxygen atoms in total. The number of likely N-dealkylation sites (tertiary alicyclic amines) is 1. The normalized spacial score (nSPS) is 21.4. The van der Waals surface area contributed by atoms with Crippen LogP contribution in [0, 0.1) is 0 Å². The van der Waals surface area contributed by atoms with E-state index in [-0.39, 0.29) is 6.10 Å². The van der Waals surface area contributed by atoms with E-state index >= 15 is 0 Å². The molecule has 134 valence electrons. The van der Waals surface area contributed by atoms with E-state index in [1.807, 2.05) is 26.0 Å². The molecule has 0 saturated carbocycles. The van der Waals surface area contributed by atoms with Crippen LogP contribution >= 0.6 is 0 Å². The summed E-state index contributed by atoms with van der Waals surface area (Å²) in [7, 11) is 2.22. The third-order valence-corrected chi connectivity index (χ3v) is 5.07. The van der Waals surface area contributed by atoms with Gasteiger partial charge < -0.3 is 20.3 Å². The highest BCUT2D eigenvalue weighted by Gasteiger charge is 2.27. The number of rotatable bonds is 4. The van der Waals surface area contributed by atoms with Crippen LogP contribution in [0.3, 0.4) is 0 Å². The minimum Gasteiger partial charge on any atom is -0.473 e. The first-order valence-corrected chi connectivity index (χ1v) is 9.13. The maximum atomic E-state index is 5.98. The minimum absolute atomic E-state index is 0.0799. The number of aromatic nitrogens is 1. The fourth-order valence-electron chi connectivity index (χ4n) is 3.61. The molecule has 3 heterocycles. The minimum atomic E-state index is 0.0799. The third kappa shape index (κ3) is 4.11. The average Bonchev–Trinajstić information content (AvgIpc) is 2.57. The number of hydrogen-bond acceptors (Lipinski definition) is 6. The first-order chi connectivity index (χ1) is 11.5. The summed E-state index contributed by atoms with van der Waals surface area (Å²) >= 11 is 0.